The summed E-state index contributed by atoms with van der Waals surface area (Å²) in [5.74, 6) is 0. The molecule has 0 spiro atoms. The van der Waals surface area contributed by atoms with Crippen LogP contribution in [0.5, 0.6) is 0 Å². The molecule has 0 fully saturated rings. The van der Waals surface area contributed by atoms with Crippen molar-refractivity contribution in [3.63, 3.8) is 0 Å². The van der Waals surface area contributed by atoms with E-state index in [1.54, 1.807) is 0 Å². The molecule has 0 aliphatic carbocycles. The van der Waals surface area contributed by atoms with Gasteiger partial charge in [0.05, 0.1) is 28.9 Å². The number of hydrogen-bond acceptors (Lipinski definition) is 3. The van der Waals surface area contributed by atoms with Crippen molar-refractivity contribution in [3.05, 3.63) is 168 Å². The molecule has 5 heteroatoms. The Labute approximate surface area is 296 Å². The highest BCUT2D eigenvalue weighted by Crippen LogP contribution is 2.39. The fraction of sp³-hybridized carbons (Fsp3) is 0.0435. The normalized spacial score (nSPS) is 12.7. The molecule has 3 N–H and O–H groups in total. The molecule has 9 rings (SSSR count). The second-order valence-electron chi connectivity index (χ2n) is 12.9. The highest BCUT2D eigenvalue weighted by Gasteiger charge is 2.20. The maximum Gasteiger partial charge on any atom is 0.0767 e. The Bertz CT molecular complexity index is 2610. The lowest BCUT2D eigenvalue weighted by atomic mass is 9.95. The summed E-state index contributed by atoms with van der Waals surface area (Å²) in [6, 6.07) is 47.8. The Morgan fingerprint density at radius 2 is 0.745 bits per heavy atom. The maximum absolute atomic E-state index is 10.9. The molecule has 0 radical (unpaired) electrons. The van der Waals surface area contributed by atoms with E-state index >= 15 is 0 Å². The third kappa shape index (κ3) is 5.50. The van der Waals surface area contributed by atoms with E-state index in [2.05, 4.69) is 137 Å². The molecule has 0 saturated heterocycles. The Morgan fingerprint density at radius 3 is 1.14 bits per heavy atom. The largest absolute Gasteiger partial charge is 0.389 e. The van der Waals surface area contributed by atoms with Crippen molar-refractivity contribution in [2.75, 3.05) is 0 Å². The minimum atomic E-state index is -0.671. The number of hydrogen-bond donors (Lipinski definition) is 3. The first kappa shape index (κ1) is 30.5. The van der Waals surface area contributed by atoms with Crippen LogP contribution < -0.4 is 0 Å². The van der Waals surface area contributed by atoms with E-state index in [9.17, 15) is 5.11 Å². The van der Waals surface area contributed by atoms with Crippen LogP contribution in [0.15, 0.2) is 140 Å². The first-order valence-corrected chi connectivity index (χ1v) is 17.2. The smallest absolute Gasteiger partial charge is 0.0767 e. The lowest BCUT2D eigenvalue weighted by Crippen LogP contribution is -1.96. The molecular formula is C46H34N4O. The summed E-state index contributed by atoms with van der Waals surface area (Å²) in [5.41, 5.74) is 16.1. The van der Waals surface area contributed by atoms with Gasteiger partial charge in [-0.3, -0.25) is 0 Å². The predicted molar refractivity (Wildman–Crippen MR) is 211 cm³/mol. The Morgan fingerprint density at radius 1 is 0.412 bits per heavy atom. The summed E-state index contributed by atoms with van der Waals surface area (Å²) in [5, 5.41) is 10.9. The van der Waals surface area contributed by atoms with Crippen molar-refractivity contribution < 1.29 is 5.11 Å². The lowest BCUT2D eigenvalue weighted by molar-refractivity contribution is 0.200. The topological polar surface area (TPSA) is 77.6 Å². The number of aliphatic hydroxyl groups is 1. The molecule has 0 saturated carbocycles. The number of nitrogens with zero attached hydrogens (tertiary/aromatic N) is 2. The summed E-state index contributed by atoms with van der Waals surface area (Å²) in [7, 11) is 0. The molecule has 7 aromatic rings. The van der Waals surface area contributed by atoms with Crippen LogP contribution >= 0.6 is 0 Å². The fourth-order valence-electron chi connectivity index (χ4n) is 7.30. The Hall–Kier alpha value is -6.56. The van der Waals surface area contributed by atoms with E-state index in [1.165, 1.54) is 0 Å². The average molecular weight is 659 g/mol. The zero-order valence-corrected chi connectivity index (χ0v) is 28.0. The number of nitrogens with one attached hydrogen (secondary N) is 2. The molecule has 8 bridgehead atoms. The zero-order valence-electron chi connectivity index (χ0n) is 28.0. The summed E-state index contributed by atoms with van der Waals surface area (Å²) in [6.45, 7) is 1.81. The second-order valence-corrected chi connectivity index (χ2v) is 12.9. The quantitative estimate of drug-likeness (QED) is 0.172. The standard InChI is InChI=1S/C46H34N4O/c1-29(51)33-19-11-12-20-34(33)46-41-27-25-39(49-41)44(31-15-7-3-8-16-31)37-23-21-35(47-37)43(30-13-5-2-6-14-30)36-22-24-38(48-36)45(32-17-9-4-10-18-32)40-26-28-42(46)50-40/h2-29,47,50-51H,1H3. The highest BCUT2D eigenvalue weighted by atomic mass is 16.3. The number of rotatable bonds is 5. The van der Waals surface area contributed by atoms with Gasteiger partial charge in [-0.15, -0.1) is 0 Å². The molecule has 3 aromatic heterocycles. The van der Waals surface area contributed by atoms with E-state index in [0.29, 0.717) is 0 Å². The molecule has 1 atom stereocenters. The molecule has 2 aliphatic rings. The number of aromatic amines is 2. The number of H-pyrrole nitrogens is 2. The van der Waals surface area contributed by atoms with Gasteiger partial charge in [0.15, 0.2) is 0 Å². The van der Waals surface area contributed by atoms with Crippen molar-refractivity contribution in [2.45, 2.75) is 13.0 Å². The molecular weight excluding hydrogens is 625 g/mol. The van der Waals surface area contributed by atoms with Gasteiger partial charge in [0, 0.05) is 44.3 Å². The minimum Gasteiger partial charge on any atom is -0.389 e. The van der Waals surface area contributed by atoms with Crippen LogP contribution in [-0.4, -0.2) is 25.0 Å². The van der Waals surface area contributed by atoms with Gasteiger partial charge in [-0.1, -0.05) is 115 Å². The molecule has 5 heterocycles. The van der Waals surface area contributed by atoms with Crippen LogP contribution in [0.25, 0.3) is 90.9 Å². The van der Waals surface area contributed by atoms with Gasteiger partial charge in [-0.05, 0) is 83.3 Å². The van der Waals surface area contributed by atoms with Gasteiger partial charge in [-0.2, -0.15) is 0 Å². The Balaban J connectivity index is 1.49. The van der Waals surface area contributed by atoms with Gasteiger partial charge >= 0.3 is 0 Å². The fourth-order valence-corrected chi connectivity index (χ4v) is 7.30. The number of aliphatic hydroxyl groups excluding tert-OH is 1. The van der Waals surface area contributed by atoms with Gasteiger partial charge in [0.1, 0.15) is 0 Å². The highest BCUT2D eigenvalue weighted by molar-refractivity contribution is 6.00. The van der Waals surface area contributed by atoms with Crippen LogP contribution in [0.2, 0.25) is 0 Å². The van der Waals surface area contributed by atoms with Crippen molar-refractivity contribution >= 4 is 46.4 Å². The Kier molecular flexibility index (Phi) is 7.60. The predicted octanol–water partition coefficient (Wildman–Crippen LogP) is 11.4. The molecule has 1 unspecified atom stereocenters. The van der Waals surface area contributed by atoms with E-state index < -0.39 is 6.10 Å². The second kappa shape index (κ2) is 12.7. The summed E-state index contributed by atoms with van der Waals surface area (Å²) < 4.78 is 0. The number of aromatic nitrogens is 4. The maximum atomic E-state index is 10.9. The van der Waals surface area contributed by atoms with Crippen LogP contribution in [-0.2, 0) is 0 Å². The van der Waals surface area contributed by atoms with Gasteiger partial charge in [0.25, 0.3) is 0 Å². The monoisotopic (exact) mass is 658 g/mol. The SMILES string of the molecule is CC(O)c1ccccc1-c1c2nc(c(-c3ccccc3)c3ccc([nH]3)c(-c3ccccc3)c3nc(c(-c4ccccc4)c4ccc1[nH]4)C=C3)C=C2. The summed E-state index contributed by atoms with van der Waals surface area (Å²) in [4.78, 5) is 18.3. The first-order valence-electron chi connectivity index (χ1n) is 17.2. The number of fused-ring (bicyclic) bond motifs is 8. The molecule has 2 aliphatic heterocycles. The van der Waals surface area contributed by atoms with E-state index in [-0.39, 0.29) is 0 Å². The summed E-state index contributed by atoms with van der Waals surface area (Å²) in [6.07, 6.45) is 7.74. The van der Waals surface area contributed by atoms with E-state index in [4.69, 9.17) is 9.97 Å². The average Bonchev–Trinajstić information content (AvgIpc) is 4.01. The van der Waals surface area contributed by atoms with Crippen molar-refractivity contribution in [1.82, 2.24) is 19.9 Å². The van der Waals surface area contributed by atoms with E-state index in [1.807, 2.05) is 43.3 Å². The third-order valence-electron chi connectivity index (χ3n) is 9.62. The van der Waals surface area contributed by atoms with Crippen LogP contribution in [0, 0.1) is 0 Å². The molecule has 5 nitrogen and oxygen atoms in total. The van der Waals surface area contributed by atoms with Gasteiger partial charge in [-0.25, -0.2) is 9.97 Å². The van der Waals surface area contributed by atoms with Crippen LogP contribution in [0.4, 0.5) is 0 Å². The van der Waals surface area contributed by atoms with Crippen molar-refractivity contribution in [3.8, 4) is 44.5 Å². The molecule has 51 heavy (non-hydrogen) atoms. The van der Waals surface area contributed by atoms with Crippen molar-refractivity contribution in [1.29, 1.82) is 0 Å². The lowest BCUT2D eigenvalue weighted by Gasteiger charge is -2.13. The van der Waals surface area contributed by atoms with Crippen molar-refractivity contribution in [2.24, 2.45) is 0 Å². The number of benzene rings is 4. The summed E-state index contributed by atoms with van der Waals surface area (Å²) >= 11 is 0. The molecule has 4 aromatic carbocycles. The van der Waals surface area contributed by atoms with Gasteiger partial charge < -0.3 is 15.1 Å². The molecule has 0 amide bonds. The van der Waals surface area contributed by atoms with Gasteiger partial charge in [0.2, 0.25) is 0 Å². The third-order valence-corrected chi connectivity index (χ3v) is 9.62. The van der Waals surface area contributed by atoms with Crippen LogP contribution in [0.1, 0.15) is 41.4 Å². The van der Waals surface area contributed by atoms with E-state index in [0.717, 1.165) is 94.9 Å². The first-order chi connectivity index (χ1) is 25.1. The minimum absolute atomic E-state index is 0.671. The van der Waals surface area contributed by atoms with Crippen LogP contribution in [0.3, 0.4) is 0 Å². The molecule has 244 valence electrons. The zero-order chi connectivity index (χ0) is 34.3.